The van der Waals surface area contributed by atoms with Crippen molar-refractivity contribution in [3.05, 3.63) is 46.0 Å². The number of esters is 1. The topological polar surface area (TPSA) is 44.1 Å². The van der Waals surface area contributed by atoms with Gasteiger partial charge in [0.1, 0.15) is 0 Å². The summed E-state index contributed by atoms with van der Waals surface area (Å²) in [7, 11) is 0. The van der Waals surface area contributed by atoms with Crippen LogP contribution in [-0.2, 0) is 8.53 Å². The molecule has 0 N–H and O–H groups in total. The molecule has 0 saturated carbocycles. The Labute approximate surface area is 151 Å². The van der Waals surface area contributed by atoms with Gasteiger partial charge in [-0.15, -0.1) is 0 Å². The van der Waals surface area contributed by atoms with E-state index in [1.807, 2.05) is 0 Å². The second-order valence-electron chi connectivity index (χ2n) is 4.13. The molecule has 0 aliphatic rings. The quantitative estimate of drug-likeness (QED) is 0.525. The molecule has 0 saturated heterocycles. The first-order valence-corrected chi connectivity index (χ1v) is 7.92. The van der Waals surface area contributed by atoms with Crippen LogP contribution in [0.2, 0.25) is 10.0 Å². The predicted octanol–water partition coefficient (Wildman–Crippen LogP) is 5.18. The van der Waals surface area contributed by atoms with Crippen LogP contribution in [0.5, 0.6) is 0 Å². The molecular weight excluding hydrogens is 393 g/mol. The smallest absolute Gasteiger partial charge is 0.358 e. The molecule has 1 heterocycles. The summed E-state index contributed by atoms with van der Waals surface area (Å²) in [5, 5.41) is 0.769. The number of aromatic nitrogens is 2. The van der Waals surface area contributed by atoms with E-state index in [9.17, 15) is 4.79 Å². The van der Waals surface area contributed by atoms with Crippen molar-refractivity contribution in [2.24, 2.45) is 0 Å². The number of carbonyl (C=O) groups is 1. The zero-order valence-corrected chi connectivity index (χ0v) is 14.9. The standard InChI is InChI=1S/C13H9Cl5N2O2/c1-2-22-11(21)9-6-20(12(19-9)13(16,17)18)10-4-3-7(14)5-8(10)15/h3-6H,2H2,1H3. The molecule has 1 aromatic carbocycles. The summed E-state index contributed by atoms with van der Waals surface area (Å²) in [5.74, 6) is -0.605. The number of alkyl halides is 3. The van der Waals surface area contributed by atoms with Crippen molar-refractivity contribution < 1.29 is 9.53 Å². The van der Waals surface area contributed by atoms with Crippen LogP contribution < -0.4 is 0 Å². The molecule has 118 valence electrons. The van der Waals surface area contributed by atoms with Crippen molar-refractivity contribution >= 4 is 64.0 Å². The summed E-state index contributed by atoms with van der Waals surface area (Å²) in [6, 6.07) is 4.78. The van der Waals surface area contributed by atoms with Gasteiger partial charge >= 0.3 is 5.97 Å². The Hall–Kier alpha value is -0.650. The number of hydrogen-bond acceptors (Lipinski definition) is 3. The lowest BCUT2D eigenvalue weighted by Crippen LogP contribution is -2.11. The minimum Gasteiger partial charge on any atom is -0.461 e. The van der Waals surface area contributed by atoms with Gasteiger partial charge in [-0.2, -0.15) is 0 Å². The largest absolute Gasteiger partial charge is 0.461 e. The molecule has 0 fully saturated rings. The Kier molecular flexibility index (Phi) is 5.51. The Morgan fingerprint density at radius 2 is 2.00 bits per heavy atom. The zero-order valence-electron chi connectivity index (χ0n) is 11.1. The first-order valence-electron chi connectivity index (χ1n) is 6.03. The molecule has 0 aliphatic heterocycles. The van der Waals surface area contributed by atoms with Gasteiger partial charge < -0.3 is 4.74 Å². The highest BCUT2D eigenvalue weighted by Crippen LogP contribution is 2.39. The first-order chi connectivity index (χ1) is 10.2. The third-order valence-corrected chi connectivity index (χ3v) is 3.66. The molecule has 0 unspecified atom stereocenters. The van der Waals surface area contributed by atoms with Gasteiger partial charge in [-0.3, -0.25) is 4.57 Å². The Morgan fingerprint density at radius 3 is 2.55 bits per heavy atom. The maximum Gasteiger partial charge on any atom is 0.358 e. The Morgan fingerprint density at radius 1 is 1.32 bits per heavy atom. The molecular formula is C13H9Cl5N2O2. The van der Waals surface area contributed by atoms with Gasteiger partial charge in [-0.1, -0.05) is 58.0 Å². The maximum absolute atomic E-state index is 11.8. The molecule has 1 aromatic heterocycles. The fraction of sp³-hybridized carbons (Fsp3) is 0.231. The number of rotatable bonds is 3. The Balaban J connectivity index is 2.60. The van der Waals surface area contributed by atoms with E-state index in [0.29, 0.717) is 15.7 Å². The van der Waals surface area contributed by atoms with E-state index in [1.54, 1.807) is 19.1 Å². The van der Waals surface area contributed by atoms with Crippen LogP contribution >= 0.6 is 58.0 Å². The third kappa shape index (κ3) is 3.81. The molecule has 4 nitrogen and oxygen atoms in total. The van der Waals surface area contributed by atoms with Gasteiger partial charge in [-0.05, 0) is 25.1 Å². The first kappa shape index (κ1) is 17.7. The molecule has 0 bridgehead atoms. The number of hydrogen-bond donors (Lipinski definition) is 0. The van der Waals surface area contributed by atoms with E-state index in [4.69, 9.17) is 62.7 Å². The van der Waals surface area contributed by atoms with E-state index in [2.05, 4.69) is 4.98 Å². The molecule has 0 spiro atoms. The highest BCUT2D eigenvalue weighted by molar-refractivity contribution is 6.66. The number of carbonyl (C=O) groups excluding carboxylic acids is 1. The molecule has 0 aliphatic carbocycles. The summed E-state index contributed by atoms with van der Waals surface area (Å²) in [6.07, 6.45) is 1.39. The fourth-order valence-electron chi connectivity index (χ4n) is 1.74. The summed E-state index contributed by atoms with van der Waals surface area (Å²) < 4.78 is 4.46. The average Bonchev–Trinajstić information content (AvgIpc) is 2.84. The van der Waals surface area contributed by atoms with Crippen LogP contribution in [0.3, 0.4) is 0 Å². The average molecular weight is 402 g/mol. The second-order valence-corrected chi connectivity index (χ2v) is 7.26. The highest BCUT2D eigenvalue weighted by atomic mass is 35.6. The molecule has 2 aromatic rings. The Bertz CT molecular complexity index is 709. The van der Waals surface area contributed by atoms with Gasteiger partial charge in [0.15, 0.2) is 11.5 Å². The van der Waals surface area contributed by atoms with Crippen LogP contribution in [0.25, 0.3) is 5.69 Å². The number of benzene rings is 1. The zero-order chi connectivity index (χ0) is 16.5. The summed E-state index contributed by atoms with van der Waals surface area (Å²) in [4.78, 5) is 15.9. The molecule has 9 heteroatoms. The SMILES string of the molecule is CCOC(=O)c1cn(-c2ccc(Cl)cc2Cl)c(C(Cl)(Cl)Cl)n1. The van der Waals surface area contributed by atoms with Crippen LogP contribution in [0.1, 0.15) is 23.2 Å². The van der Waals surface area contributed by atoms with Gasteiger partial charge in [0.25, 0.3) is 0 Å². The van der Waals surface area contributed by atoms with Gasteiger partial charge in [0.05, 0.1) is 17.3 Å². The van der Waals surface area contributed by atoms with Gasteiger partial charge in [0.2, 0.25) is 3.79 Å². The van der Waals surface area contributed by atoms with Crippen LogP contribution in [0.15, 0.2) is 24.4 Å². The summed E-state index contributed by atoms with van der Waals surface area (Å²) >= 11 is 29.8. The lowest BCUT2D eigenvalue weighted by atomic mass is 10.3. The van der Waals surface area contributed by atoms with Crippen LogP contribution in [0, 0.1) is 0 Å². The minimum atomic E-state index is -1.85. The van der Waals surface area contributed by atoms with Crippen molar-refractivity contribution in [1.29, 1.82) is 0 Å². The minimum absolute atomic E-state index is 0.00851. The molecule has 0 radical (unpaired) electrons. The van der Waals surface area contributed by atoms with E-state index < -0.39 is 9.76 Å². The van der Waals surface area contributed by atoms with Crippen molar-refractivity contribution in [3.8, 4) is 5.69 Å². The van der Waals surface area contributed by atoms with Crippen LogP contribution in [-0.4, -0.2) is 22.1 Å². The van der Waals surface area contributed by atoms with E-state index >= 15 is 0 Å². The monoisotopic (exact) mass is 400 g/mol. The van der Waals surface area contributed by atoms with Crippen molar-refractivity contribution in [1.82, 2.24) is 9.55 Å². The number of ether oxygens (including phenoxy) is 1. The van der Waals surface area contributed by atoms with Crippen molar-refractivity contribution in [2.75, 3.05) is 6.61 Å². The van der Waals surface area contributed by atoms with Crippen LogP contribution in [0.4, 0.5) is 0 Å². The normalized spacial score (nSPS) is 11.5. The number of nitrogens with zero attached hydrogens (tertiary/aromatic N) is 2. The highest BCUT2D eigenvalue weighted by Gasteiger charge is 2.32. The summed E-state index contributed by atoms with van der Waals surface area (Å²) in [5.41, 5.74) is 0.477. The second kappa shape index (κ2) is 6.85. The van der Waals surface area contributed by atoms with E-state index in [0.717, 1.165) is 0 Å². The lowest BCUT2D eigenvalue weighted by Gasteiger charge is -2.14. The predicted molar refractivity (Wildman–Crippen MR) is 88.8 cm³/mol. The third-order valence-electron chi connectivity index (χ3n) is 2.61. The molecule has 0 amide bonds. The van der Waals surface area contributed by atoms with Crippen molar-refractivity contribution in [3.63, 3.8) is 0 Å². The maximum atomic E-state index is 11.8. The van der Waals surface area contributed by atoms with Gasteiger partial charge in [-0.25, -0.2) is 9.78 Å². The van der Waals surface area contributed by atoms with E-state index in [1.165, 1.54) is 16.8 Å². The van der Waals surface area contributed by atoms with E-state index in [-0.39, 0.29) is 18.1 Å². The van der Waals surface area contributed by atoms with Crippen molar-refractivity contribution in [2.45, 2.75) is 10.7 Å². The summed E-state index contributed by atoms with van der Waals surface area (Å²) in [6.45, 7) is 1.89. The molecule has 0 atom stereocenters. The number of halogens is 5. The molecule has 2 rings (SSSR count). The molecule has 22 heavy (non-hydrogen) atoms. The fourth-order valence-corrected chi connectivity index (χ4v) is 2.64. The lowest BCUT2D eigenvalue weighted by molar-refractivity contribution is 0.0520. The number of imidazole rings is 1. The van der Waals surface area contributed by atoms with Gasteiger partial charge in [0, 0.05) is 11.2 Å².